The molecule has 0 bridgehead atoms. The third-order valence-electron chi connectivity index (χ3n) is 3.46. The summed E-state index contributed by atoms with van der Waals surface area (Å²) < 4.78 is 0. The van der Waals surface area contributed by atoms with Gasteiger partial charge in [0.15, 0.2) is 5.13 Å². The summed E-state index contributed by atoms with van der Waals surface area (Å²) in [5.41, 5.74) is 0.622. The van der Waals surface area contributed by atoms with Crippen molar-refractivity contribution in [1.29, 1.82) is 0 Å². The highest BCUT2D eigenvalue weighted by Gasteiger charge is 2.27. The van der Waals surface area contributed by atoms with Crippen molar-refractivity contribution in [1.82, 2.24) is 15.6 Å². The molecular formula is C14H20N4O3S. The predicted molar refractivity (Wildman–Crippen MR) is 83.5 cm³/mol. The van der Waals surface area contributed by atoms with Crippen molar-refractivity contribution in [3.05, 3.63) is 11.1 Å². The number of amides is 3. The predicted octanol–water partition coefficient (Wildman–Crippen LogP) is 0.817. The highest BCUT2D eigenvalue weighted by molar-refractivity contribution is 7.13. The van der Waals surface area contributed by atoms with E-state index in [0.29, 0.717) is 23.7 Å². The van der Waals surface area contributed by atoms with Crippen molar-refractivity contribution in [3.63, 3.8) is 0 Å². The second-order valence-corrected chi connectivity index (χ2v) is 6.20. The molecule has 3 N–H and O–H groups in total. The molecule has 1 aliphatic heterocycles. The van der Waals surface area contributed by atoms with Crippen LogP contribution in [0.1, 0.15) is 38.8 Å². The van der Waals surface area contributed by atoms with Crippen LogP contribution in [0.3, 0.4) is 0 Å². The Hall–Kier alpha value is -1.96. The van der Waals surface area contributed by atoms with E-state index < -0.39 is 6.04 Å². The minimum atomic E-state index is -0.492. The Bertz CT molecular complexity index is 572. The molecule has 1 fully saturated rings. The molecule has 2 heterocycles. The second kappa shape index (κ2) is 7.35. The fourth-order valence-electron chi connectivity index (χ4n) is 2.04. The first-order chi connectivity index (χ1) is 10.5. The van der Waals surface area contributed by atoms with Crippen LogP contribution in [0.5, 0.6) is 0 Å². The van der Waals surface area contributed by atoms with Crippen LogP contribution in [0, 0.1) is 0 Å². The average molecular weight is 324 g/mol. The van der Waals surface area contributed by atoms with Crippen LogP contribution >= 0.6 is 11.3 Å². The molecule has 0 spiro atoms. The third-order valence-corrected chi connectivity index (χ3v) is 4.26. The molecular weight excluding hydrogens is 304 g/mol. The zero-order valence-corrected chi connectivity index (χ0v) is 13.5. The van der Waals surface area contributed by atoms with Gasteiger partial charge in [0.05, 0.1) is 12.1 Å². The Morgan fingerprint density at radius 2 is 2.32 bits per heavy atom. The van der Waals surface area contributed by atoms with Gasteiger partial charge in [-0.15, -0.1) is 11.3 Å². The maximum Gasteiger partial charge on any atom is 0.248 e. The minimum Gasteiger partial charge on any atom is -0.353 e. The average Bonchev–Trinajstić information content (AvgIpc) is 3.07. The van der Waals surface area contributed by atoms with Gasteiger partial charge in [-0.3, -0.25) is 14.4 Å². The topological polar surface area (TPSA) is 100 Å². The minimum absolute atomic E-state index is 0.0828. The van der Waals surface area contributed by atoms with E-state index in [-0.39, 0.29) is 30.2 Å². The molecule has 0 saturated carbocycles. The lowest BCUT2D eigenvalue weighted by atomic mass is 10.2. The van der Waals surface area contributed by atoms with Crippen LogP contribution < -0.4 is 16.0 Å². The Kier molecular flexibility index (Phi) is 5.48. The Morgan fingerprint density at radius 1 is 1.55 bits per heavy atom. The van der Waals surface area contributed by atoms with Crippen molar-refractivity contribution in [2.75, 3.05) is 5.32 Å². The number of carbonyl (C=O) groups excluding carboxylic acids is 3. The molecule has 8 heteroatoms. The first-order valence-electron chi connectivity index (χ1n) is 7.32. The summed E-state index contributed by atoms with van der Waals surface area (Å²) in [6.45, 7) is 3.95. The summed E-state index contributed by atoms with van der Waals surface area (Å²) in [5, 5.41) is 10.3. The molecule has 3 amide bonds. The first-order valence-corrected chi connectivity index (χ1v) is 8.20. The Morgan fingerprint density at radius 3 is 2.95 bits per heavy atom. The van der Waals surface area contributed by atoms with Crippen LogP contribution in [0.15, 0.2) is 5.38 Å². The molecule has 7 nitrogen and oxygen atoms in total. The molecule has 2 unspecified atom stereocenters. The van der Waals surface area contributed by atoms with Gasteiger partial charge in [0.1, 0.15) is 6.04 Å². The number of anilines is 1. The van der Waals surface area contributed by atoms with Crippen molar-refractivity contribution in [2.24, 2.45) is 0 Å². The molecule has 1 aliphatic rings. The van der Waals surface area contributed by atoms with E-state index in [1.807, 2.05) is 13.8 Å². The molecule has 0 aromatic carbocycles. The lowest BCUT2D eigenvalue weighted by molar-refractivity contribution is -0.122. The number of rotatable bonds is 6. The summed E-state index contributed by atoms with van der Waals surface area (Å²) in [5.74, 6) is -0.460. The zero-order chi connectivity index (χ0) is 16.1. The summed E-state index contributed by atoms with van der Waals surface area (Å²) in [6.07, 6.45) is 1.94. The standard InChI is InChI=1S/C14H20N4O3S/c1-3-8(2)15-12(20)6-9-7-22-14(16-9)18-13(21)10-4-5-11(19)17-10/h7-8,10H,3-6H2,1-2H3,(H,15,20)(H,17,19)(H,16,18,21). The Labute approximate surface area is 132 Å². The third kappa shape index (κ3) is 4.52. The van der Waals surface area contributed by atoms with Gasteiger partial charge >= 0.3 is 0 Å². The van der Waals surface area contributed by atoms with E-state index in [1.54, 1.807) is 5.38 Å². The number of hydrogen-bond acceptors (Lipinski definition) is 5. The normalized spacial score (nSPS) is 18.6. The first kappa shape index (κ1) is 16.4. The number of aromatic nitrogens is 1. The lowest BCUT2D eigenvalue weighted by Gasteiger charge is -2.10. The highest BCUT2D eigenvalue weighted by atomic mass is 32.1. The Balaban J connectivity index is 1.84. The number of carbonyl (C=O) groups is 3. The number of nitrogens with zero attached hydrogens (tertiary/aromatic N) is 1. The molecule has 2 rings (SSSR count). The monoisotopic (exact) mass is 324 g/mol. The molecule has 2 atom stereocenters. The van der Waals surface area contributed by atoms with Crippen LogP contribution in [-0.2, 0) is 20.8 Å². The van der Waals surface area contributed by atoms with Crippen LogP contribution in [-0.4, -0.2) is 34.8 Å². The lowest BCUT2D eigenvalue weighted by Crippen LogP contribution is -2.37. The summed E-state index contributed by atoms with van der Waals surface area (Å²) in [6, 6.07) is -0.357. The van der Waals surface area contributed by atoms with E-state index in [9.17, 15) is 14.4 Å². The van der Waals surface area contributed by atoms with E-state index >= 15 is 0 Å². The van der Waals surface area contributed by atoms with E-state index in [2.05, 4.69) is 20.9 Å². The molecule has 0 aliphatic carbocycles. The molecule has 0 radical (unpaired) electrons. The van der Waals surface area contributed by atoms with E-state index in [4.69, 9.17) is 0 Å². The largest absolute Gasteiger partial charge is 0.353 e. The molecule has 1 saturated heterocycles. The molecule has 120 valence electrons. The van der Waals surface area contributed by atoms with E-state index in [0.717, 1.165) is 6.42 Å². The van der Waals surface area contributed by atoms with E-state index in [1.165, 1.54) is 11.3 Å². The van der Waals surface area contributed by atoms with Crippen molar-refractivity contribution in [2.45, 2.75) is 51.6 Å². The summed E-state index contributed by atoms with van der Waals surface area (Å²) in [4.78, 5) is 39.0. The number of nitrogens with one attached hydrogen (secondary N) is 3. The molecule has 1 aromatic heterocycles. The van der Waals surface area contributed by atoms with Crippen molar-refractivity contribution >= 4 is 34.2 Å². The van der Waals surface area contributed by atoms with Crippen LogP contribution in [0.4, 0.5) is 5.13 Å². The van der Waals surface area contributed by atoms with Crippen molar-refractivity contribution < 1.29 is 14.4 Å². The number of hydrogen-bond donors (Lipinski definition) is 3. The SMILES string of the molecule is CCC(C)NC(=O)Cc1csc(NC(=O)C2CCC(=O)N2)n1. The van der Waals surface area contributed by atoms with Gasteiger partial charge < -0.3 is 16.0 Å². The number of thiazole rings is 1. The smallest absolute Gasteiger partial charge is 0.248 e. The quantitative estimate of drug-likeness (QED) is 0.721. The fourth-order valence-corrected chi connectivity index (χ4v) is 2.75. The maximum atomic E-state index is 11.9. The van der Waals surface area contributed by atoms with Gasteiger partial charge in [-0.1, -0.05) is 6.92 Å². The van der Waals surface area contributed by atoms with Gasteiger partial charge in [0.2, 0.25) is 17.7 Å². The highest BCUT2D eigenvalue weighted by Crippen LogP contribution is 2.17. The van der Waals surface area contributed by atoms with Crippen molar-refractivity contribution in [3.8, 4) is 0 Å². The summed E-state index contributed by atoms with van der Waals surface area (Å²) in [7, 11) is 0. The second-order valence-electron chi connectivity index (χ2n) is 5.35. The molecule has 1 aromatic rings. The van der Waals surface area contributed by atoms with Crippen LogP contribution in [0.25, 0.3) is 0 Å². The van der Waals surface area contributed by atoms with Gasteiger partial charge in [0.25, 0.3) is 0 Å². The van der Waals surface area contributed by atoms with Gasteiger partial charge in [0, 0.05) is 17.8 Å². The molecule has 22 heavy (non-hydrogen) atoms. The maximum absolute atomic E-state index is 11.9. The summed E-state index contributed by atoms with van der Waals surface area (Å²) >= 11 is 1.27. The van der Waals surface area contributed by atoms with Gasteiger partial charge in [-0.05, 0) is 19.8 Å². The fraction of sp³-hybridized carbons (Fsp3) is 0.571. The van der Waals surface area contributed by atoms with Crippen LogP contribution in [0.2, 0.25) is 0 Å². The van der Waals surface area contributed by atoms with Gasteiger partial charge in [-0.2, -0.15) is 0 Å². The zero-order valence-electron chi connectivity index (χ0n) is 12.6. The van der Waals surface area contributed by atoms with Gasteiger partial charge in [-0.25, -0.2) is 4.98 Å².